The highest BCUT2D eigenvalue weighted by Crippen LogP contribution is 2.36. The van der Waals surface area contributed by atoms with Crippen LogP contribution in [0.15, 0.2) is 60.7 Å². The van der Waals surface area contributed by atoms with Crippen LogP contribution in [0, 0.1) is 0 Å². The first kappa shape index (κ1) is 37.8. The molecule has 0 aromatic heterocycles. The summed E-state index contributed by atoms with van der Waals surface area (Å²) < 4.78 is 16.5. The van der Waals surface area contributed by atoms with Gasteiger partial charge in [0.2, 0.25) is 11.8 Å². The van der Waals surface area contributed by atoms with Crippen molar-refractivity contribution in [2.75, 3.05) is 72.6 Å². The quantitative estimate of drug-likeness (QED) is 0.105. The fourth-order valence-electron chi connectivity index (χ4n) is 4.70. The third-order valence-corrected chi connectivity index (χ3v) is 9.03. The molecule has 0 saturated carbocycles. The lowest BCUT2D eigenvalue weighted by atomic mass is 10.0. The predicted octanol–water partition coefficient (Wildman–Crippen LogP) is 7.01. The first-order valence-corrected chi connectivity index (χ1v) is 17.4. The SMILES string of the molecule is CC(=O)N(C)CCOCCOCCOCCN(C)C(=O)CCCCCCCCCCSC(c1ccccc1)c1ccccc1. The summed E-state index contributed by atoms with van der Waals surface area (Å²) in [6.45, 7) is 5.71. The van der Waals surface area contributed by atoms with Crippen LogP contribution >= 0.6 is 11.8 Å². The Morgan fingerprint density at radius 2 is 1.05 bits per heavy atom. The molecule has 0 aliphatic rings. The average molecular weight is 629 g/mol. The molecule has 2 amide bonds. The number of likely N-dealkylation sites (N-methyl/N-ethyl adjacent to an activating group) is 2. The fourth-order valence-corrected chi connectivity index (χ4v) is 6.00. The Balaban J connectivity index is 1.37. The van der Waals surface area contributed by atoms with E-state index in [1.807, 2.05) is 7.05 Å². The second-order valence-corrected chi connectivity index (χ2v) is 12.5. The van der Waals surface area contributed by atoms with Crippen LogP contribution in [0.1, 0.15) is 81.1 Å². The van der Waals surface area contributed by atoms with Crippen LogP contribution in [-0.2, 0) is 23.8 Å². The van der Waals surface area contributed by atoms with E-state index in [1.54, 1.807) is 16.8 Å². The van der Waals surface area contributed by atoms with Crippen molar-refractivity contribution in [2.45, 2.75) is 70.0 Å². The van der Waals surface area contributed by atoms with Crippen LogP contribution in [0.25, 0.3) is 0 Å². The zero-order valence-corrected chi connectivity index (χ0v) is 28.2. The van der Waals surface area contributed by atoms with Gasteiger partial charge in [-0.3, -0.25) is 9.59 Å². The Hall–Kier alpha value is -2.39. The van der Waals surface area contributed by atoms with Crippen molar-refractivity contribution in [3.8, 4) is 0 Å². The minimum atomic E-state index is 0.0320. The van der Waals surface area contributed by atoms with Crippen LogP contribution in [-0.4, -0.2) is 94.2 Å². The molecule has 7 nitrogen and oxygen atoms in total. The van der Waals surface area contributed by atoms with E-state index in [0.29, 0.717) is 64.4 Å². The van der Waals surface area contributed by atoms with Gasteiger partial charge in [-0.1, -0.05) is 99.2 Å². The largest absolute Gasteiger partial charge is 0.377 e. The van der Waals surface area contributed by atoms with Gasteiger partial charge < -0.3 is 24.0 Å². The second kappa shape index (κ2) is 24.9. The van der Waals surface area contributed by atoms with Crippen molar-refractivity contribution < 1.29 is 23.8 Å². The summed E-state index contributed by atoms with van der Waals surface area (Å²) in [5.74, 6) is 1.41. The molecule has 2 aromatic carbocycles. The Morgan fingerprint density at radius 3 is 1.55 bits per heavy atom. The topological polar surface area (TPSA) is 68.3 Å². The van der Waals surface area contributed by atoms with Gasteiger partial charge in [-0.05, 0) is 29.7 Å². The molecular formula is C36H56N2O5S. The molecule has 246 valence electrons. The highest BCUT2D eigenvalue weighted by Gasteiger charge is 2.14. The summed E-state index contributed by atoms with van der Waals surface area (Å²) in [5, 5.41) is 0.405. The van der Waals surface area contributed by atoms with Gasteiger partial charge >= 0.3 is 0 Å². The molecule has 0 heterocycles. The molecule has 0 bridgehead atoms. The maximum Gasteiger partial charge on any atom is 0.222 e. The number of hydrogen-bond donors (Lipinski definition) is 0. The molecule has 8 heteroatoms. The van der Waals surface area contributed by atoms with E-state index in [4.69, 9.17) is 14.2 Å². The van der Waals surface area contributed by atoms with Crippen molar-refractivity contribution in [2.24, 2.45) is 0 Å². The van der Waals surface area contributed by atoms with Gasteiger partial charge in [0.15, 0.2) is 0 Å². The first-order valence-electron chi connectivity index (χ1n) is 16.4. The molecule has 0 N–H and O–H groups in total. The molecule has 2 rings (SSSR count). The minimum absolute atomic E-state index is 0.0320. The van der Waals surface area contributed by atoms with Gasteiger partial charge in [-0.2, -0.15) is 0 Å². The molecule has 0 fully saturated rings. The average Bonchev–Trinajstić information content (AvgIpc) is 3.04. The second-order valence-electron chi connectivity index (χ2n) is 11.2. The zero-order valence-electron chi connectivity index (χ0n) is 27.4. The number of unbranched alkanes of at least 4 members (excludes halogenated alkanes) is 7. The Kier molecular flexibility index (Phi) is 21.4. The van der Waals surface area contributed by atoms with Crippen LogP contribution in [0.4, 0.5) is 0 Å². The lowest BCUT2D eigenvalue weighted by Crippen LogP contribution is -2.30. The molecule has 0 atom stereocenters. The number of hydrogen-bond acceptors (Lipinski definition) is 6. The van der Waals surface area contributed by atoms with E-state index in [1.165, 1.54) is 62.3 Å². The summed E-state index contributed by atoms with van der Waals surface area (Å²) in [6.07, 6.45) is 10.3. The third-order valence-electron chi connectivity index (χ3n) is 7.62. The molecule has 0 radical (unpaired) electrons. The Labute approximate surface area is 271 Å². The highest BCUT2D eigenvalue weighted by molar-refractivity contribution is 7.99. The molecule has 2 aromatic rings. The molecule has 44 heavy (non-hydrogen) atoms. The van der Waals surface area contributed by atoms with E-state index in [0.717, 1.165) is 12.8 Å². The van der Waals surface area contributed by atoms with Crippen LogP contribution in [0.3, 0.4) is 0 Å². The highest BCUT2D eigenvalue weighted by atomic mass is 32.2. The van der Waals surface area contributed by atoms with E-state index in [-0.39, 0.29) is 11.8 Å². The summed E-state index contributed by atoms with van der Waals surface area (Å²) >= 11 is 2.06. The smallest absolute Gasteiger partial charge is 0.222 e. The number of nitrogens with zero attached hydrogens (tertiary/aromatic N) is 2. The van der Waals surface area contributed by atoms with Crippen LogP contribution < -0.4 is 0 Å². The van der Waals surface area contributed by atoms with Gasteiger partial charge in [0.1, 0.15) is 0 Å². The summed E-state index contributed by atoms with van der Waals surface area (Å²) in [4.78, 5) is 26.9. The number of benzene rings is 2. The van der Waals surface area contributed by atoms with Gasteiger partial charge in [0.05, 0.1) is 44.9 Å². The number of rotatable bonds is 26. The van der Waals surface area contributed by atoms with Crippen molar-refractivity contribution >= 4 is 23.6 Å². The molecule has 0 aliphatic heterocycles. The molecule has 0 aliphatic carbocycles. The van der Waals surface area contributed by atoms with E-state index in [9.17, 15) is 9.59 Å². The normalized spacial score (nSPS) is 11.2. The predicted molar refractivity (Wildman–Crippen MR) is 182 cm³/mol. The monoisotopic (exact) mass is 628 g/mol. The lowest BCUT2D eigenvalue weighted by Gasteiger charge is -2.17. The molecular weight excluding hydrogens is 572 g/mol. The summed E-state index contributed by atoms with van der Waals surface area (Å²) in [5.41, 5.74) is 2.77. The van der Waals surface area contributed by atoms with Gasteiger partial charge in [-0.25, -0.2) is 0 Å². The van der Waals surface area contributed by atoms with E-state index in [2.05, 4.69) is 72.4 Å². The van der Waals surface area contributed by atoms with Crippen molar-refractivity contribution in [3.05, 3.63) is 71.8 Å². The van der Waals surface area contributed by atoms with E-state index >= 15 is 0 Å². The maximum absolute atomic E-state index is 12.4. The minimum Gasteiger partial charge on any atom is -0.377 e. The Bertz CT molecular complexity index is 955. The van der Waals surface area contributed by atoms with Crippen LogP contribution in [0.2, 0.25) is 0 Å². The van der Waals surface area contributed by atoms with E-state index < -0.39 is 0 Å². The Morgan fingerprint density at radius 1 is 0.614 bits per heavy atom. The number of carbonyl (C=O) groups is 2. The molecule has 0 saturated heterocycles. The number of thioether (sulfide) groups is 1. The van der Waals surface area contributed by atoms with Crippen LogP contribution in [0.5, 0.6) is 0 Å². The zero-order chi connectivity index (χ0) is 31.7. The van der Waals surface area contributed by atoms with Gasteiger partial charge in [0, 0.05) is 40.5 Å². The lowest BCUT2D eigenvalue weighted by molar-refractivity contribution is -0.130. The third kappa shape index (κ3) is 17.8. The number of amides is 2. The number of carbonyl (C=O) groups excluding carboxylic acids is 2. The fraction of sp³-hybridized carbons (Fsp3) is 0.611. The summed E-state index contributed by atoms with van der Waals surface area (Å²) in [7, 11) is 3.60. The standard InChI is InChI=1S/C36H56N2O5S/c1-32(39)37(2)23-25-41-27-29-43-30-28-42-26-24-38(3)35(40)22-16-8-6-4-5-7-9-17-31-44-36(33-18-12-10-13-19-33)34-20-14-11-15-21-34/h10-15,18-21,36H,4-9,16-17,22-31H2,1-3H3. The first-order chi connectivity index (χ1) is 21.5. The van der Waals surface area contributed by atoms with Crippen molar-refractivity contribution in [1.82, 2.24) is 9.80 Å². The van der Waals surface area contributed by atoms with Gasteiger partial charge in [-0.15, -0.1) is 11.8 Å². The van der Waals surface area contributed by atoms with Crippen molar-refractivity contribution in [1.29, 1.82) is 0 Å². The number of ether oxygens (including phenoxy) is 3. The molecule has 0 unspecified atom stereocenters. The maximum atomic E-state index is 12.4. The van der Waals surface area contributed by atoms with Gasteiger partial charge in [0.25, 0.3) is 0 Å². The van der Waals surface area contributed by atoms with Crippen molar-refractivity contribution in [3.63, 3.8) is 0 Å². The molecule has 0 spiro atoms. The summed E-state index contributed by atoms with van der Waals surface area (Å²) in [6, 6.07) is 21.7.